The second-order valence-electron chi connectivity index (χ2n) is 9.52. The van der Waals surface area contributed by atoms with Crippen LogP contribution in [0, 0.1) is 6.92 Å². The minimum absolute atomic E-state index is 0. The van der Waals surface area contributed by atoms with E-state index in [0.717, 1.165) is 23.1 Å². The Balaban J connectivity index is 0.00000405. The molecule has 4 N–H and O–H groups in total. The topological polar surface area (TPSA) is 124 Å². The molecule has 10 heteroatoms. The molecule has 4 aromatic rings. The summed E-state index contributed by atoms with van der Waals surface area (Å²) in [6, 6.07) is 22.4. The molecule has 216 valence electrons. The molecule has 0 radical (unpaired) electrons. The number of ether oxygens (including phenoxy) is 3. The number of benzene rings is 4. The summed E-state index contributed by atoms with van der Waals surface area (Å²) in [7, 11) is 4.41. The van der Waals surface area contributed by atoms with Crippen molar-refractivity contribution in [3.05, 3.63) is 101 Å². The molecule has 2 amide bonds. The predicted molar refractivity (Wildman–Crippen MR) is 159 cm³/mol. The summed E-state index contributed by atoms with van der Waals surface area (Å²) < 4.78 is 15.9. The van der Waals surface area contributed by atoms with Crippen LogP contribution in [0.15, 0.2) is 77.8 Å². The van der Waals surface area contributed by atoms with Crippen LogP contribution in [-0.2, 0) is 6.42 Å². The first kappa shape index (κ1) is 30.0. The average molecular weight is 586 g/mol. The third kappa shape index (κ3) is 6.01. The Labute approximate surface area is 250 Å². The molecule has 0 saturated heterocycles. The number of hydrogen-bond donors (Lipinski definition) is 3. The monoisotopic (exact) mass is 585 g/mol. The number of hydrogen-bond acceptors (Lipinski definition) is 6. The van der Waals surface area contributed by atoms with E-state index in [1.165, 1.54) is 44.6 Å². The van der Waals surface area contributed by atoms with E-state index in [9.17, 15) is 9.59 Å². The zero-order valence-corrected chi connectivity index (χ0v) is 24.3. The number of nitrogens with zero attached hydrogens (tertiary/aromatic N) is 1. The number of carbonyl (C=O) groups is 2. The SMILES string of the molecule is COc1cc(C(=O)NC(N)=Nc2ccc(C)c(NC(=O)c3ccc4c(c3)Cc3ccccc3-4)c2)cc(OC)c1OC.[Cl-]. The number of carbonyl (C=O) groups excluding carboxylic acids is 2. The van der Waals surface area contributed by atoms with Crippen molar-refractivity contribution in [2.45, 2.75) is 13.3 Å². The third-order valence-electron chi connectivity index (χ3n) is 6.94. The van der Waals surface area contributed by atoms with Gasteiger partial charge in [-0.05, 0) is 77.6 Å². The number of aliphatic imine (C=N–C) groups is 1. The quantitative estimate of drug-likeness (QED) is 0.199. The van der Waals surface area contributed by atoms with Crippen molar-refractivity contribution >= 4 is 29.1 Å². The van der Waals surface area contributed by atoms with E-state index < -0.39 is 5.91 Å². The number of guanidine groups is 1. The van der Waals surface area contributed by atoms with E-state index >= 15 is 0 Å². The number of rotatable bonds is 7. The number of halogens is 1. The maximum Gasteiger partial charge on any atom is 0.258 e. The molecule has 9 nitrogen and oxygen atoms in total. The fraction of sp³-hybridized carbons (Fsp3) is 0.156. The molecular formula is C32H30ClN4O5-. The maximum atomic E-state index is 13.2. The molecule has 0 bridgehead atoms. The van der Waals surface area contributed by atoms with Gasteiger partial charge in [0.05, 0.1) is 27.0 Å². The summed E-state index contributed by atoms with van der Waals surface area (Å²) in [5, 5.41) is 5.55. The molecule has 0 aliphatic heterocycles. The van der Waals surface area contributed by atoms with Gasteiger partial charge in [0.1, 0.15) is 0 Å². The second-order valence-corrected chi connectivity index (χ2v) is 9.52. The fourth-order valence-corrected chi connectivity index (χ4v) is 4.86. The van der Waals surface area contributed by atoms with E-state index in [1.54, 1.807) is 12.1 Å². The maximum absolute atomic E-state index is 13.2. The molecule has 1 aliphatic carbocycles. The van der Waals surface area contributed by atoms with Gasteiger partial charge in [-0.25, -0.2) is 4.99 Å². The van der Waals surface area contributed by atoms with E-state index in [1.807, 2.05) is 43.3 Å². The van der Waals surface area contributed by atoms with Gasteiger partial charge in [0.15, 0.2) is 11.5 Å². The second kappa shape index (κ2) is 12.7. The highest BCUT2D eigenvalue weighted by Crippen LogP contribution is 2.38. The van der Waals surface area contributed by atoms with E-state index in [4.69, 9.17) is 19.9 Å². The molecule has 0 heterocycles. The number of anilines is 1. The Morgan fingerprint density at radius 1 is 0.786 bits per heavy atom. The van der Waals surface area contributed by atoms with Crippen LogP contribution in [0.3, 0.4) is 0 Å². The molecule has 42 heavy (non-hydrogen) atoms. The van der Waals surface area contributed by atoms with Crippen LogP contribution in [0.4, 0.5) is 11.4 Å². The van der Waals surface area contributed by atoms with Crippen LogP contribution < -0.4 is 43.0 Å². The number of aryl methyl sites for hydroxylation is 1. The predicted octanol–water partition coefficient (Wildman–Crippen LogP) is 2.22. The molecule has 0 atom stereocenters. The molecule has 0 aromatic heterocycles. The zero-order chi connectivity index (χ0) is 29.1. The van der Waals surface area contributed by atoms with Crippen LogP contribution in [0.25, 0.3) is 11.1 Å². The van der Waals surface area contributed by atoms with Gasteiger partial charge in [0.2, 0.25) is 11.7 Å². The number of amides is 2. The highest BCUT2D eigenvalue weighted by Gasteiger charge is 2.20. The first-order valence-corrected chi connectivity index (χ1v) is 12.9. The number of nitrogens with one attached hydrogen (secondary N) is 2. The zero-order valence-electron chi connectivity index (χ0n) is 23.6. The Kier molecular flexibility index (Phi) is 9.02. The summed E-state index contributed by atoms with van der Waals surface area (Å²) in [6.07, 6.45) is 0.803. The lowest BCUT2D eigenvalue weighted by Crippen LogP contribution is -3.00. The van der Waals surface area contributed by atoms with Crippen molar-refractivity contribution in [3.8, 4) is 28.4 Å². The number of methoxy groups -OCH3 is 3. The van der Waals surface area contributed by atoms with Crippen LogP contribution in [0.1, 0.15) is 37.4 Å². The van der Waals surface area contributed by atoms with Crippen molar-refractivity contribution < 1.29 is 36.2 Å². The van der Waals surface area contributed by atoms with Crippen LogP contribution >= 0.6 is 0 Å². The summed E-state index contributed by atoms with van der Waals surface area (Å²) in [6.45, 7) is 1.89. The van der Waals surface area contributed by atoms with Gasteiger partial charge >= 0.3 is 0 Å². The summed E-state index contributed by atoms with van der Waals surface area (Å²) in [5.41, 5.74) is 13.5. The normalized spacial score (nSPS) is 11.5. The lowest BCUT2D eigenvalue weighted by atomic mass is 10.0. The van der Waals surface area contributed by atoms with Gasteiger partial charge in [-0.3, -0.25) is 14.9 Å². The molecule has 4 aromatic carbocycles. The smallest absolute Gasteiger partial charge is 0.258 e. The van der Waals surface area contributed by atoms with E-state index in [-0.39, 0.29) is 29.8 Å². The molecule has 0 spiro atoms. The Hall–Kier alpha value is -5.02. The van der Waals surface area contributed by atoms with Gasteiger partial charge in [-0.1, -0.05) is 36.4 Å². The molecule has 5 rings (SSSR count). The number of nitrogens with two attached hydrogens (primary N) is 1. The molecule has 1 aliphatic rings. The first-order valence-electron chi connectivity index (χ1n) is 12.9. The van der Waals surface area contributed by atoms with Crippen molar-refractivity contribution in [3.63, 3.8) is 0 Å². The molecule has 0 saturated carbocycles. The largest absolute Gasteiger partial charge is 1.00 e. The van der Waals surface area contributed by atoms with E-state index in [2.05, 4.69) is 27.8 Å². The Morgan fingerprint density at radius 3 is 2.17 bits per heavy atom. The summed E-state index contributed by atoms with van der Waals surface area (Å²) >= 11 is 0. The fourth-order valence-electron chi connectivity index (χ4n) is 4.86. The minimum atomic E-state index is -0.509. The van der Waals surface area contributed by atoms with Crippen molar-refractivity contribution in [2.24, 2.45) is 10.7 Å². The summed E-state index contributed by atoms with van der Waals surface area (Å²) in [4.78, 5) is 30.4. The van der Waals surface area contributed by atoms with Crippen molar-refractivity contribution in [1.82, 2.24) is 5.32 Å². The van der Waals surface area contributed by atoms with Crippen molar-refractivity contribution in [1.29, 1.82) is 0 Å². The van der Waals surface area contributed by atoms with Gasteiger partial charge in [0.25, 0.3) is 11.8 Å². The lowest BCUT2D eigenvalue weighted by molar-refractivity contribution is -0.0000249. The highest BCUT2D eigenvalue weighted by molar-refractivity contribution is 6.07. The number of fused-ring (bicyclic) bond motifs is 3. The average Bonchev–Trinajstić information content (AvgIpc) is 3.35. The van der Waals surface area contributed by atoms with Crippen molar-refractivity contribution in [2.75, 3.05) is 26.6 Å². The summed E-state index contributed by atoms with van der Waals surface area (Å²) in [5.74, 6) is 0.177. The lowest BCUT2D eigenvalue weighted by Gasteiger charge is -2.14. The Bertz CT molecular complexity index is 1680. The molecule has 0 unspecified atom stereocenters. The van der Waals surface area contributed by atoms with Gasteiger partial charge in [0, 0.05) is 16.8 Å². The highest BCUT2D eigenvalue weighted by atomic mass is 35.5. The van der Waals surface area contributed by atoms with Crippen LogP contribution in [0.2, 0.25) is 0 Å². The van der Waals surface area contributed by atoms with Crippen LogP contribution in [-0.4, -0.2) is 39.1 Å². The van der Waals surface area contributed by atoms with Gasteiger partial charge in [-0.2, -0.15) is 0 Å². The first-order chi connectivity index (χ1) is 19.8. The standard InChI is InChI=1S/C32H30N4O5.ClH/c1-18-9-11-23(34-32(33)36-31(38)22-15-27(39-2)29(41-4)28(16-22)40-3)17-26(18)35-30(37)20-10-12-25-21(14-20)13-19-7-5-6-8-24(19)25;/h5-12,14-17H,13H2,1-4H3,(H,35,37)(H3,33,34,36,38);1H/p-1. The molecular weight excluding hydrogens is 556 g/mol. The minimum Gasteiger partial charge on any atom is -1.00 e. The third-order valence-corrected chi connectivity index (χ3v) is 6.94. The van der Waals surface area contributed by atoms with Gasteiger partial charge in [-0.15, -0.1) is 0 Å². The molecule has 0 fully saturated rings. The van der Waals surface area contributed by atoms with E-state index in [0.29, 0.717) is 34.2 Å². The van der Waals surface area contributed by atoms with Crippen LogP contribution in [0.5, 0.6) is 17.2 Å². The van der Waals surface area contributed by atoms with Gasteiger partial charge < -0.3 is 37.7 Å². The Morgan fingerprint density at radius 2 is 1.48 bits per heavy atom.